The van der Waals surface area contributed by atoms with Crippen molar-refractivity contribution in [1.29, 1.82) is 0 Å². The zero-order valence-electron chi connectivity index (χ0n) is 17.3. The maximum atomic E-state index is 13.5. The van der Waals surface area contributed by atoms with E-state index >= 15 is 0 Å². The first-order chi connectivity index (χ1) is 14.4. The molecular formula is C22H25FN4O3. The van der Waals surface area contributed by atoms with Crippen LogP contribution in [0.3, 0.4) is 0 Å². The first-order valence-electron chi connectivity index (χ1n) is 10.0. The van der Waals surface area contributed by atoms with Gasteiger partial charge in [0.1, 0.15) is 5.82 Å². The largest absolute Gasteiger partial charge is 0.463 e. The highest BCUT2D eigenvalue weighted by atomic mass is 19.1. The minimum Gasteiger partial charge on any atom is -0.463 e. The second kappa shape index (κ2) is 8.49. The Labute approximate surface area is 174 Å². The first kappa shape index (κ1) is 20.4. The maximum absolute atomic E-state index is 13.5. The lowest BCUT2D eigenvalue weighted by Gasteiger charge is -2.33. The molecule has 0 aliphatic carbocycles. The van der Waals surface area contributed by atoms with Crippen molar-refractivity contribution in [2.75, 3.05) is 19.8 Å². The second-order valence-electron chi connectivity index (χ2n) is 8.04. The third kappa shape index (κ3) is 4.49. The van der Waals surface area contributed by atoms with Gasteiger partial charge in [0.15, 0.2) is 5.82 Å². The minimum atomic E-state index is -0.608. The fourth-order valence-corrected chi connectivity index (χ4v) is 3.10. The van der Waals surface area contributed by atoms with Gasteiger partial charge in [0, 0.05) is 17.2 Å². The molecule has 1 aliphatic rings. The van der Waals surface area contributed by atoms with Gasteiger partial charge >= 0.3 is 6.01 Å². The van der Waals surface area contributed by atoms with Gasteiger partial charge in [-0.2, -0.15) is 4.98 Å². The van der Waals surface area contributed by atoms with Crippen molar-refractivity contribution in [2.45, 2.75) is 33.5 Å². The standard InChI is InChI=1S/C22H25FN4O3/c1-4-11-28-21-24-10-9-16(25-21)18-17(14-5-7-15(23)8-6-14)26-19(27-18)20-29-12-22(2,3)13-30-20/h5-10,20H,4,11-13H2,1-3H3,(H,26,27). The molecule has 1 aliphatic heterocycles. The Kier molecular flexibility index (Phi) is 5.78. The molecule has 1 aromatic carbocycles. The average molecular weight is 412 g/mol. The molecule has 8 heteroatoms. The predicted octanol–water partition coefficient (Wildman–Crippen LogP) is 4.53. The van der Waals surface area contributed by atoms with Crippen LogP contribution in [0.4, 0.5) is 4.39 Å². The number of halogens is 1. The molecule has 0 unspecified atom stereocenters. The smallest absolute Gasteiger partial charge is 0.316 e. The topological polar surface area (TPSA) is 82.2 Å². The van der Waals surface area contributed by atoms with Crippen LogP contribution in [0.15, 0.2) is 36.5 Å². The quantitative estimate of drug-likeness (QED) is 0.640. The van der Waals surface area contributed by atoms with Crippen LogP contribution in [0.25, 0.3) is 22.6 Å². The van der Waals surface area contributed by atoms with Crippen LogP contribution >= 0.6 is 0 Å². The number of benzene rings is 1. The Bertz CT molecular complexity index is 994. The van der Waals surface area contributed by atoms with E-state index in [1.54, 1.807) is 24.4 Å². The number of nitrogens with one attached hydrogen (secondary N) is 1. The van der Waals surface area contributed by atoms with E-state index in [9.17, 15) is 4.39 Å². The lowest BCUT2D eigenvalue weighted by Crippen LogP contribution is -2.34. The molecule has 30 heavy (non-hydrogen) atoms. The highest BCUT2D eigenvalue weighted by Gasteiger charge is 2.32. The highest BCUT2D eigenvalue weighted by molar-refractivity contribution is 5.76. The molecule has 3 aromatic rings. The van der Waals surface area contributed by atoms with Crippen molar-refractivity contribution in [3.8, 4) is 28.7 Å². The summed E-state index contributed by atoms with van der Waals surface area (Å²) in [5, 5.41) is 0. The molecule has 0 bridgehead atoms. The first-order valence-corrected chi connectivity index (χ1v) is 10.0. The Morgan fingerprint density at radius 1 is 1.13 bits per heavy atom. The Morgan fingerprint density at radius 3 is 2.57 bits per heavy atom. The Balaban J connectivity index is 1.73. The molecule has 0 radical (unpaired) electrons. The summed E-state index contributed by atoms with van der Waals surface area (Å²) < 4.78 is 30.8. The molecule has 3 heterocycles. The number of nitrogens with zero attached hydrogens (tertiary/aromatic N) is 3. The monoisotopic (exact) mass is 412 g/mol. The summed E-state index contributed by atoms with van der Waals surface area (Å²) in [4.78, 5) is 16.7. The van der Waals surface area contributed by atoms with Gasteiger partial charge < -0.3 is 19.2 Å². The normalized spacial score (nSPS) is 16.5. The summed E-state index contributed by atoms with van der Waals surface area (Å²) in [7, 11) is 0. The molecule has 0 spiro atoms. The number of imidazole rings is 1. The second-order valence-corrected chi connectivity index (χ2v) is 8.04. The summed E-state index contributed by atoms with van der Waals surface area (Å²) in [6, 6.07) is 8.23. The van der Waals surface area contributed by atoms with Crippen molar-refractivity contribution in [3.63, 3.8) is 0 Å². The predicted molar refractivity (Wildman–Crippen MR) is 109 cm³/mol. The van der Waals surface area contributed by atoms with Crippen LogP contribution < -0.4 is 4.74 Å². The molecule has 0 atom stereocenters. The number of aromatic amines is 1. The summed E-state index contributed by atoms with van der Waals surface area (Å²) >= 11 is 0. The van der Waals surface area contributed by atoms with E-state index in [0.717, 1.165) is 12.0 Å². The molecule has 0 saturated carbocycles. The van der Waals surface area contributed by atoms with E-state index < -0.39 is 6.29 Å². The third-order valence-corrected chi connectivity index (χ3v) is 4.64. The summed E-state index contributed by atoms with van der Waals surface area (Å²) in [5.41, 5.74) is 2.61. The maximum Gasteiger partial charge on any atom is 0.316 e. The fourth-order valence-electron chi connectivity index (χ4n) is 3.10. The van der Waals surface area contributed by atoms with Crippen LogP contribution in [-0.4, -0.2) is 39.8 Å². The average Bonchev–Trinajstić information content (AvgIpc) is 3.18. The van der Waals surface area contributed by atoms with Gasteiger partial charge in [-0.05, 0) is 36.8 Å². The molecule has 1 N–H and O–H groups in total. The molecular weight excluding hydrogens is 387 g/mol. The van der Waals surface area contributed by atoms with Crippen molar-refractivity contribution in [2.24, 2.45) is 5.41 Å². The number of hydrogen-bond acceptors (Lipinski definition) is 6. The fraction of sp³-hybridized carbons (Fsp3) is 0.409. The molecule has 1 saturated heterocycles. The van der Waals surface area contributed by atoms with Crippen LogP contribution in [0.2, 0.25) is 0 Å². The number of ether oxygens (including phenoxy) is 3. The molecule has 1 fully saturated rings. The molecule has 158 valence electrons. The van der Waals surface area contributed by atoms with Gasteiger partial charge in [-0.1, -0.05) is 20.8 Å². The SMILES string of the molecule is CCCOc1nccc(-c2[nH]c(C3OCC(C)(C)CO3)nc2-c2ccc(F)cc2)n1. The lowest BCUT2D eigenvalue weighted by atomic mass is 9.96. The summed E-state index contributed by atoms with van der Waals surface area (Å²) in [6.45, 7) is 7.83. The molecule has 4 rings (SSSR count). The lowest BCUT2D eigenvalue weighted by molar-refractivity contribution is -0.229. The van der Waals surface area contributed by atoms with E-state index in [1.807, 2.05) is 6.92 Å². The zero-order valence-corrected chi connectivity index (χ0v) is 17.3. The van der Waals surface area contributed by atoms with E-state index in [4.69, 9.17) is 19.2 Å². The molecule has 7 nitrogen and oxygen atoms in total. The summed E-state index contributed by atoms with van der Waals surface area (Å²) in [5.74, 6) is 0.226. The van der Waals surface area contributed by atoms with Gasteiger partial charge in [-0.3, -0.25) is 0 Å². The highest BCUT2D eigenvalue weighted by Crippen LogP contribution is 2.35. The number of aromatic nitrogens is 4. The zero-order chi connectivity index (χ0) is 21.1. The Hall–Kier alpha value is -2.84. The van der Waals surface area contributed by atoms with Gasteiger partial charge in [0.2, 0.25) is 6.29 Å². The van der Waals surface area contributed by atoms with Crippen molar-refractivity contribution < 1.29 is 18.6 Å². The van der Waals surface area contributed by atoms with Crippen LogP contribution in [0.1, 0.15) is 39.3 Å². The van der Waals surface area contributed by atoms with Crippen LogP contribution in [-0.2, 0) is 9.47 Å². The number of hydrogen-bond donors (Lipinski definition) is 1. The van der Waals surface area contributed by atoms with Gasteiger partial charge in [0.05, 0.1) is 36.9 Å². The van der Waals surface area contributed by atoms with Crippen LogP contribution in [0, 0.1) is 11.2 Å². The molecule has 0 amide bonds. The number of rotatable bonds is 6. The van der Waals surface area contributed by atoms with Gasteiger partial charge in [0.25, 0.3) is 0 Å². The van der Waals surface area contributed by atoms with Crippen molar-refractivity contribution >= 4 is 0 Å². The third-order valence-electron chi connectivity index (χ3n) is 4.64. The van der Waals surface area contributed by atoms with Crippen LogP contribution in [0.5, 0.6) is 6.01 Å². The number of H-pyrrole nitrogens is 1. The van der Waals surface area contributed by atoms with E-state index in [0.29, 0.717) is 48.7 Å². The minimum absolute atomic E-state index is 0.0517. The van der Waals surface area contributed by atoms with Gasteiger partial charge in [-0.25, -0.2) is 14.4 Å². The van der Waals surface area contributed by atoms with E-state index in [2.05, 4.69) is 28.8 Å². The van der Waals surface area contributed by atoms with Gasteiger partial charge in [-0.15, -0.1) is 0 Å². The Morgan fingerprint density at radius 2 is 1.87 bits per heavy atom. The molecule has 2 aromatic heterocycles. The van der Waals surface area contributed by atoms with E-state index in [-0.39, 0.29) is 11.2 Å². The van der Waals surface area contributed by atoms with E-state index in [1.165, 1.54) is 12.1 Å². The van der Waals surface area contributed by atoms with Crippen molar-refractivity contribution in [1.82, 2.24) is 19.9 Å². The van der Waals surface area contributed by atoms with Crippen molar-refractivity contribution in [3.05, 3.63) is 48.2 Å². The summed E-state index contributed by atoms with van der Waals surface area (Å²) in [6.07, 6.45) is 1.89.